The molecule has 7 rings (SSSR count). The smallest absolute Gasteiger partial charge is 0.444 e. The van der Waals surface area contributed by atoms with Crippen LogP contribution in [0.25, 0.3) is 5.57 Å². The lowest BCUT2D eigenvalue weighted by atomic mass is 9.66. The Bertz CT molecular complexity index is 2440. The molecule has 2 unspecified atom stereocenters. The average Bonchev–Trinajstić information content (AvgIpc) is 4.02. The summed E-state index contributed by atoms with van der Waals surface area (Å²) in [4.78, 5) is 31.3. The largest absolute Gasteiger partial charge is 0.490 e. The standard InChI is InChI=1S/C25H40F2N4O3.C16H25BrF2N4O2.C15H27BO3.CH4/c1-23(2,3)34-22(32)30(6)13-12-29(5)15-19-21(20-14-25(26,27)16-31(20)28-19)18-8-10-24(4,11-9-18)17-33-7;1-15(2,3)25-14(24)22(5)7-6-21(4)9-11-13(17)12-8-16(18,19)10-23(12)20-11;1-13(2)14(3,4)19-16(18-13)12-7-9-15(5,10-8-12)11-17-6;/h8H,9-17H2,1-7H3;6-10H2,1-5H3;7H,8-11H2,1-6H3;1H4. The fourth-order valence-electron chi connectivity index (χ4n) is 9.92. The second-order valence-electron chi connectivity index (χ2n) is 26.1. The van der Waals surface area contributed by atoms with Crippen molar-refractivity contribution in [3.8, 4) is 0 Å². The highest BCUT2D eigenvalue weighted by Gasteiger charge is 2.53. The number of alkyl halides is 4. The Morgan fingerprint density at radius 2 is 1.09 bits per heavy atom. The fraction of sp³-hybridized carbons (Fsp3) is 0.789. The number of ether oxygens (including phenoxy) is 4. The lowest BCUT2D eigenvalue weighted by Gasteiger charge is -2.32. The topological polar surface area (TPSA) is 138 Å². The van der Waals surface area contributed by atoms with Gasteiger partial charge >= 0.3 is 19.3 Å². The van der Waals surface area contributed by atoms with Crippen LogP contribution in [-0.2, 0) is 67.3 Å². The van der Waals surface area contributed by atoms with E-state index in [0.29, 0.717) is 61.7 Å². The molecule has 0 spiro atoms. The van der Waals surface area contributed by atoms with E-state index in [1.165, 1.54) is 19.7 Å². The van der Waals surface area contributed by atoms with Gasteiger partial charge in [-0.3, -0.25) is 19.2 Å². The van der Waals surface area contributed by atoms with Crippen LogP contribution in [-0.4, -0.2) is 175 Å². The highest BCUT2D eigenvalue weighted by molar-refractivity contribution is 9.10. The van der Waals surface area contributed by atoms with Crippen molar-refractivity contribution in [2.45, 2.75) is 202 Å². The monoisotopic (exact) mass is 1190 g/mol. The van der Waals surface area contributed by atoms with Gasteiger partial charge in [0.25, 0.3) is 11.8 Å². The minimum Gasteiger partial charge on any atom is -0.444 e. The number of hydrogen-bond acceptors (Lipinski definition) is 12. The molecule has 16 nitrogen and oxygen atoms in total. The van der Waals surface area contributed by atoms with Gasteiger partial charge in [-0.2, -0.15) is 10.2 Å². The normalized spacial score (nSPS) is 22.6. The lowest BCUT2D eigenvalue weighted by Crippen LogP contribution is -2.41. The van der Waals surface area contributed by atoms with Crippen molar-refractivity contribution in [1.82, 2.24) is 39.2 Å². The number of halogens is 5. The van der Waals surface area contributed by atoms with Crippen LogP contribution in [0.15, 0.2) is 22.1 Å². The van der Waals surface area contributed by atoms with E-state index >= 15 is 0 Å². The Morgan fingerprint density at radius 3 is 1.49 bits per heavy atom. The van der Waals surface area contributed by atoms with E-state index in [-0.39, 0.29) is 74.7 Å². The summed E-state index contributed by atoms with van der Waals surface area (Å²) in [6.45, 7) is 27.9. The molecule has 2 aromatic rings. The number of carbonyl (C=O) groups is 2. The van der Waals surface area contributed by atoms with Gasteiger partial charge < -0.3 is 38.1 Å². The minimum absolute atomic E-state index is 0. The van der Waals surface area contributed by atoms with Gasteiger partial charge in [0.05, 0.1) is 64.5 Å². The van der Waals surface area contributed by atoms with Crippen molar-refractivity contribution < 1.29 is 55.4 Å². The van der Waals surface area contributed by atoms with Crippen LogP contribution < -0.4 is 0 Å². The number of fused-ring (bicyclic) bond motifs is 2. The number of amides is 2. The molecule has 0 aromatic carbocycles. The van der Waals surface area contributed by atoms with Crippen molar-refractivity contribution in [3.05, 3.63) is 50.4 Å². The summed E-state index contributed by atoms with van der Waals surface area (Å²) in [6, 6.07) is 0. The molecule has 0 radical (unpaired) electrons. The van der Waals surface area contributed by atoms with Crippen molar-refractivity contribution in [2.75, 3.05) is 81.8 Å². The van der Waals surface area contributed by atoms with Gasteiger partial charge in [-0.05, 0) is 160 Å². The van der Waals surface area contributed by atoms with Crippen LogP contribution in [0.4, 0.5) is 27.2 Å². The molecule has 450 valence electrons. The van der Waals surface area contributed by atoms with Gasteiger partial charge in [-0.25, -0.2) is 27.2 Å². The van der Waals surface area contributed by atoms with Crippen LogP contribution >= 0.6 is 15.9 Å². The predicted molar refractivity (Wildman–Crippen MR) is 306 cm³/mol. The van der Waals surface area contributed by atoms with E-state index in [4.69, 9.17) is 28.3 Å². The third kappa shape index (κ3) is 19.0. The Morgan fingerprint density at radius 1 is 0.671 bits per heavy atom. The molecular weight excluding hydrogens is 1090 g/mol. The number of likely N-dealkylation sites (N-methyl/N-ethyl adjacent to an activating group) is 4. The SMILES string of the molecule is C.CN(CCN(C)C(=O)OC(C)(C)C)Cc1nn2c(c1Br)CC(F)(F)C2.COCC1(C)CC=C(B2OC(C)(C)C(C)(C)O2)CC1.COCC1(C)CC=C(c2c(CN(C)CCN(C)C(=O)OC(C)(C)C)nn3c2CC(F)(F)C3)CC1. The molecular formula is C57H96BBrF4N8O8. The van der Waals surface area contributed by atoms with Crippen molar-refractivity contribution in [2.24, 2.45) is 10.8 Å². The summed E-state index contributed by atoms with van der Waals surface area (Å²) in [7, 11) is 10.6. The first kappa shape index (κ1) is 68.0. The number of aromatic nitrogens is 4. The third-order valence-electron chi connectivity index (χ3n) is 15.3. The first-order chi connectivity index (χ1) is 35.8. The summed E-state index contributed by atoms with van der Waals surface area (Å²) in [6.07, 6.45) is 9.04. The van der Waals surface area contributed by atoms with E-state index in [2.05, 4.69) is 84.7 Å². The van der Waals surface area contributed by atoms with Gasteiger partial charge in [0, 0.05) is 73.1 Å². The molecule has 2 atom stereocenters. The summed E-state index contributed by atoms with van der Waals surface area (Å²) < 4.78 is 92.3. The fourth-order valence-corrected chi connectivity index (χ4v) is 10.5. The molecule has 0 bridgehead atoms. The zero-order valence-electron chi connectivity index (χ0n) is 50.2. The maximum atomic E-state index is 14.2. The summed E-state index contributed by atoms with van der Waals surface area (Å²) >= 11 is 3.39. The maximum absolute atomic E-state index is 14.2. The van der Waals surface area contributed by atoms with E-state index in [9.17, 15) is 27.2 Å². The number of methoxy groups -OCH3 is 2. The summed E-state index contributed by atoms with van der Waals surface area (Å²) in [5.74, 6) is -5.47. The highest BCUT2D eigenvalue weighted by Crippen LogP contribution is 2.45. The maximum Gasteiger partial charge on any atom is 0.490 e. The molecule has 79 heavy (non-hydrogen) atoms. The molecule has 2 amide bonds. The average molecular weight is 1190 g/mol. The number of carbonyl (C=O) groups excluding carboxylic acids is 2. The second kappa shape index (κ2) is 26.4. The van der Waals surface area contributed by atoms with E-state index in [1.807, 2.05) is 60.5 Å². The zero-order valence-corrected chi connectivity index (χ0v) is 51.8. The number of hydrogen-bond donors (Lipinski definition) is 0. The molecule has 22 heteroatoms. The van der Waals surface area contributed by atoms with E-state index < -0.39 is 23.0 Å². The molecule has 2 aliphatic carbocycles. The highest BCUT2D eigenvalue weighted by atomic mass is 79.9. The van der Waals surface area contributed by atoms with Crippen LogP contribution in [0.1, 0.15) is 157 Å². The van der Waals surface area contributed by atoms with Crippen LogP contribution in [0.5, 0.6) is 0 Å². The first-order valence-corrected chi connectivity index (χ1v) is 28.1. The zero-order chi connectivity index (χ0) is 58.6. The molecule has 3 aliphatic heterocycles. The summed E-state index contributed by atoms with van der Waals surface area (Å²) in [5, 5.41) is 8.89. The Kier molecular flexibility index (Phi) is 22.7. The Labute approximate surface area is 478 Å². The number of rotatable bonds is 16. The molecule has 1 fully saturated rings. The van der Waals surface area contributed by atoms with Crippen molar-refractivity contribution >= 4 is 40.8 Å². The third-order valence-corrected chi connectivity index (χ3v) is 16.2. The Balaban J connectivity index is 0.000000265. The molecule has 0 saturated carbocycles. The van der Waals surface area contributed by atoms with Gasteiger partial charge in [-0.1, -0.05) is 33.4 Å². The molecule has 5 aliphatic rings. The molecule has 0 N–H and O–H groups in total. The van der Waals surface area contributed by atoms with Crippen LogP contribution in [0.3, 0.4) is 0 Å². The van der Waals surface area contributed by atoms with Crippen molar-refractivity contribution in [1.29, 1.82) is 0 Å². The van der Waals surface area contributed by atoms with Gasteiger partial charge in [0.1, 0.15) is 24.3 Å². The quantitative estimate of drug-likeness (QED) is 0.117. The van der Waals surface area contributed by atoms with Gasteiger partial charge in [-0.15, -0.1) is 0 Å². The first-order valence-electron chi connectivity index (χ1n) is 27.3. The number of nitrogens with zero attached hydrogens (tertiary/aromatic N) is 8. The molecule has 5 heterocycles. The van der Waals surface area contributed by atoms with E-state index in [0.717, 1.165) is 67.7 Å². The van der Waals surface area contributed by atoms with Crippen LogP contribution in [0, 0.1) is 10.8 Å². The molecule has 2 aromatic heterocycles. The van der Waals surface area contributed by atoms with Gasteiger partial charge in [0.15, 0.2) is 0 Å². The van der Waals surface area contributed by atoms with Gasteiger partial charge in [0.2, 0.25) is 0 Å². The summed E-state index contributed by atoms with van der Waals surface area (Å²) in [5.41, 5.74) is 4.82. The van der Waals surface area contributed by atoms with E-state index in [1.54, 1.807) is 33.2 Å². The Hall–Kier alpha value is -3.54. The molecule has 1 saturated heterocycles. The minimum atomic E-state index is -2.75. The number of allylic oxidation sites excluding steroid dienone is 4. The lowest BCUT2D eigenvalue weighted by molar-refractivity contribution is 0.0000108. The van der Waals surface area contributed by atoms with Crippen molar-refractivity contribution in [3.63, 3.8) is 0 Å². The van der Waals surface area contributed by atoms with Crippen LogP contribution in [0.2, 0.25) is 0 Å². The second-order valence-corrected chi connectivity index (χ2v) is 26.9. The predicted octanol–water partition coefficient (Wildman–Crippen LogP) is 11.7.